The number of carbonyl (C=O) groups excluding carboxylic acids is 1. The molecule has 0 radical (unpaired) electrons. The van der Waals surface area contributed by atoms with Gasteiger partial charge < -0.3 is 15.7 Å². The Labute approximate surface area is 112 Å². The van der Waals surface area contributed by atoms with E-state index in [-0.39, 0.29) is 16.7 Å². The second-order valence-electron chi connectivity index (χ2n) is 4.43. The molecule has 0 atom stereocenters. The lowest BCUT2D eigenvalue weighted by Crippen LogP contribution is -2.24. The molecule has 0 heterocycles. The minimum Gasteiger partial charge on any atom is -0.506 e. The second kappa shape index (κ2) is 7.24. The standard InChI is InChI=1S/C13H19ClN2O2/c1-9(2)15-7-3-4-13(18)16-10-5-6-12(17)11(14)8-10/h5-6,8-9,15,17H,3-4,7H2,1-2H3,(H,16,18). The molecule has 18 heavy (non-hydrogen) atoms. The maximum Gasteiger partial charge on any atom is 0.224 e. The molecule has 0 unspecified atom stereocenters. The molecule has 1 amide bonds. The molecule has 0 aliphatic rings. The van der Waals surface area contributed by atoms with Gasteiger partial charge in [0.05, 0.1) is 5.02 Å². The van der Waals surface area contributed by atoms with Crippen LogP contribution in [0.5, 0.6) is 5.75 Å². The van der Waals surface area contributed by atoms with Gasteiger partial charge in [-0.05, 0) is 31.2 Å². The minimum absolute atomic E-state index is 0.01000. The van der Waals surface area contributed by atoms with Crippen LogP contribution >= 0.6 is 11.6 Å². The Hall–Kier alpha value is -1.26. The molecule has 0 bridgehead atoms. The first-order valence-electron chi connectivity index (χ1n) is 6.01. The van der Waals surface area contributed by atoms with Crippen LogP contribution in [-0.2, 0) is 4.79 Å². The van der Waals surface area contributed by atoms with Crippen LogP contribution in [0.2, 0.25) is 5.02 Å². The van der Waals surface area contributed by atoms with Crippen LogP contribution in [0.4, 0.5) is 5.69 Å². The summed E-state index contributed by atoms with van der Waals surface area (Å²) in [7, 11) is 0. The first kappa shape index (κ1) is 14.8. The number of hydrogen-bond acceptors (Lipinski definition) is 3. The van der Waals surface area contributed by atoms with Gasteiger partial charge in [0.15, 0.2) is 0 Å². The molecule has 0 aromatic heterocycles. The van der Waals surface area contributed by atoms with Gasteiger partial charge in [0, 0.05) is 18.2 Å². The molecule has 0 fully saturated rings. The van der Waals surface area contributed by atoms with E-state index in [2.05, 4.69) is 24.5 Å². The molecular formula is C13H19ClN2O2. The monoisotopic (exact) mass is 270 g/mol. The van der Waals surface area contributed by atoms with Crippen LogP contribution in [0.15, 0.2) is 18.2 Å². The van der Waals surface area contributed by atoms with Crippen molar-refractivity contribution in [3.63, 3.8) is 0 Å². The number of aromatic hydroxyl groups is 1. The lowest BCUT2D eigenvalue weighted by Gasteiger charge is -2.08. The zero-order valence-corrected chi connectivity index (χ0v) is 11.4. The Kier molecular flexibility index (Phi) is 5.95. The third-order valence-electron chi connectivity index (χ3n) is 2.36. The molecule has 5 heteroatoms. The van der Waals surface area contributed by atoms with Crippen molar-refractivity contribution < 1.29 is 9.90 Å². The summed E-state index contributed by atoms with van der Waals surface area (Å²) in [6, 6.07) is 5.04. The van der Waals surface area contributed by atoms with E-state index in [1.54, 1.807) is 6.07 Å². The van der Waals surface area contributed by atoms with E-state index in [9.17, 15) is 9.90 Å². The first-order chi connectivity index (χ1) is 8.49. The Morgan fingerprint density at radius 2 is 2.17 bits per heavy atom. The third kappa shape index (κ3) is 5.38. The number of rotatable bonds is 6. The SMILES string of the molecule is CC(C)NCCCC(=O)Nc1ccc(O)c(Cl)c1. The summed E-state index contributed by atoms with van der Waals surface area (Å²) in [4.78, 5) is 11.6. The molecule has 0 spiro atoms. The molecule has 4 nitrogen and oxygen atoms in total. The van der Waals surface area contributed by atoms with Gasteiger partial charge in [-0.25, -0.2) is 0 Å². The Morgan fingerprint density at radius 3 is 2.78 bits per heavy atom. The summed E-state index contributed by atoms with van der Waals surface area (Å²) in [5.41, 5.74) is 0.597. The molecule has 1 aromatic rings. The Balaban J connectivity index is 2.33. The quantitative estimate of drug-likeness (QED) is 0.550. The van der Waals surface area contributed by atoms with E-state index in [0.29, 0.717) is 18.2 Å². The van der Waals surface area contributed by atoms with E-state index >= 15 is 0 Å². The number of halogens is 1. The fourth-order valence-electron chi connectivity index (χ4n) is 1.45. The van der Waals surface area contributed by atoms with Crippen molar-refractivity contribution in [3.05, 3.63) is 23.2 Å². The molecule has 0 aliphatic heterocycles. The van der Waals surface area contributed by atoms with Crippen molar-refractivity contribution in [1.82, 2.24) is 5.32 Å². The van der Waals surface area contributed by atoms with Crippen molar-refractivity contribution >= 4 is 23.2 Å². The minimum atomic E-state index is -0.0534. The predicted octanol–water partition coefficient (Wildman–Crippen LogP) is 2.76. The molecular weight excluding hydrogens is 252 g/mol. The van der Waals surface area contributed by atoms with E-state index in [1.807, 2.05) is 0 Å². The van der Waals surface area contributed by atoms with Gasteiger partial charge in [-0.15, -0.1) is 0 Å². The van der Waals surface area contributed by atoms with Crippen LogP contribution in [0.3, 0.4) is 0 Å². The van der Waals surface area contributed by atoms with Gasteiger partial charge in [-0.1, -0.05) is 25.4 Å². The van der Waals surface area contributed by atoms with E-state index < -0.39 is 0 Å². The van der Waals surface area contributed by atoms with Gasteiger partial charge in [-0.3, -0.25) is 4.79 Å². The van der Waals surface area contributed by atoms with E-state index in [1.165, 1.54) is 12.1 Å². The summed E-state index contributed by atoms with van der Waals surface area (Å²) in [6.07, 6.45) is 1.24. The van der Waals surface area contributed by atoms with Gasteiger partial charge in [-0.2, -0.15) is 0 Å². The molecule has 0 saturated heterocycles. The van der Waals surface area contributed by atoms with Crippen LogP contribution in [0.25, 0.3) is 0 Å². The number of carbonyl (C=O) groups is 1. The predicted molar refractivity (Wildman–Crippen MR) is 74.1 cm³/mol. The molecule has 0 aliphatic carbocycles. The summed E-state index contributed by atoms with van der Waals surface area (Å²) >= 11 is 5.75. The van der Waals surface area contributed by atoms with Crippen molar-refractivity contribution in [2.24, 2.45) is 0 Å². The fourth-order valence-corrected chi connectivity index (χ4v) is 1.63. The Bertz CT molecular complexity index is 408. The van der Waals surface area contributed by atoms with Crippen molar-refractivity contribution in [2.45, 2.75) is 32.7 Å². The number of anilines is 1. The number of amides is 1. The summed E-state index contributed by atoms with van der Waals surface area (Å²) in [6.45, 7) is 4.96. The smallest absolute Gasteiger partial charge is 0.224 e. The highest BCUT2D eigenvalue weighted by atomic mass is 35.5. The van der Waals surface area contributed by atoms with Crippen molar-refractivity contribution in [1.29, 1.82) is 0 Å². The largest absolute Gasteiger partial charge is 0.506 e. The van der Waals surface area contributed by atoms with Crippen LogP contribution in [0, 0.1) is 0 Å². The summed E-state index contributed by atoms with van der Waals surface area (Å²) < 4.78 is 0. The average molecular weight is 271 g/mol. The highest BCUT2D eigenvalue weighted by Gasteiger charge is 2.04. The van der Waals surface area contributed by atoms with Gasteiger partial charge in [0.1, 0.15) is 5.75 Å². The number of nitrogens with one attached hydrogen (secondary N) is 2. The molecule has 3 N–H and O–H groups in total. The van der Waals surface area contributed by atoms with Crippen LogP contribution < -0.4 is 10.6 Å². The number of phenols is 1. The van der Waals surface area contributed by atoms with Crippen LogP contribution in [-0.4, -0.2) is 23.6 Å². The van der Waals surface area contributed by atoms with Crippen molar-refractivity contribution in [3.8, 4) is 5.75 Å². The maximum atomic E-state index is 11.6. The molecule has 1 rings (SSSR count). The van der Waals surface area contributed by atoms with Gasteiger partial charge in [0.25, 0.3) is 0 Å². The zero-order valence-electron chi connectivity index (χ0n) is 10.7. The van der Waals surface area contributed by atoms with E-state index in [4.69, 9.17) is 11.6 Å². The number of hydrogen-bond donors (Lipinski definition) is 3. The highest BCUT2D eigenvalue weighted by molar-refractivity contribution is 6.32. The summed E-state index contributed by atoms with van der Waals surface area (Å²) in [5.74, 6) is -0.0434. The molecule has 0 saturated carbocycles. The fraction of sp³-hybridized carbons (Fsp3) is 0.462. The topological polar surface area (TPSA) is 61.4 Å². The third-order valence-corrected chi connectivity index (χ3v) is 2.67. The van der Waals surface area contributed by atoms with Crippen LogP contribution in [0.1, 0.15) is 26.7 Å². The molecule has 100 valence electrons. The Morgan fingerprint density at radius 1 is 1.44 bits per heavy atom. The lowest BCUT2D eigenvalue weighted by molar-refractivity contribution is -0.116. The normalized spacial score (nSPS) is 10.7. The second-order valence-corrected chi connectivity index (χ2v) is 4.83. The number of benzene rings is 1. The average Bonchev–Trinajstić information content (AvgIpc) is 2.29. The van der Waals surface area contributed by atoms with Gasteiger partial charge >= 0.3 is 0 Å². The first-order valence-corrected chi connectivity index (χ1v) is 6.38. The number of phenolic OH excluding ortho intramolecular Hbond substituents is 1. The van der Waals surface area contributed by atoms with Gasteiger partial charge in [0.2, 0.25) is 5.91 Å². The lowest BCUT2D eigenvalue weighted by atomic mass is 10.2. The van der Waals surface area contributed by atoms with Crippen molar-refractivity contribution in [2.75, 3.05) is 11.9 Å². The highest BCUT2D eigenvalue weighted by Crippen LogP contribution is 2.26. The zero-order chi connectivity index (χ0) is 13.5. The van der Waals surface area contributed by atoms with E-state index in [0.717, 1.165) is 13.0 Å². The summed E-state index contributed by atoms with van der Waals surface area (Å²) in [5, 5.41) is 15.5. The molecule has 1 aromatic carbocycles. The maximum absolute atomic E-state index is 11.6.